The smallest absolute Gasteiger partial charge is 0.254 e. The summed E-state index contributed by atoms with van der Waals surface area (Å²) in [6.07, 6.45) is 13.3. The van der Waals surface area contributed by atoms with Gasteiger partial charge in [0.15, 0.2) is 0 Å². The van der Waals surface area contributed by atoms with Gasteiger partial charge in [-0.2, -0.15) is 0 Å². The first-order valence-corrected chi connectivity index (χ1v) is 11.4. The predicted octanol–water partition coefficient (Wildman–Crippen LogP) is 4.88. The lowest BCUT2D eigenvalue weighted by molar-refractivity contribution is 0.0509. The molecule has 0 radical (unpaired) electrons. The van der Waals surface area contributed by atoms with Crippen LogP contribution in [0.2, 0.25) is 0 Å². The van der Waals surface area contributed by atoms with E-state index in [0.29, 0.717) is 23.9 Å². The third-order valence-corrected chi connectivity index (χ3v) is 7.48. The summed E-state index contributed by atoms with van der Waals surface area (Å²) < 4.78 is 0. The van der Waals surface area contributed by atoms with E-state index in [1.54, 1.807) is 12.1 Å². The molecule has 0 aromatic heterocycles. The summed E-state index contributed by atoms with van der Waals surface area (Å²) in [7, 11) is 0. The standard InChI is InChI=1S/C24H35NO3/c26-21-12-11-20-16-25(24(28)22(20)14-21)15-18-6-9-19(10-7-18)23(27)13-8-17-4-2-1-3-5-17/h11-12,14,17-19,23,26-27H,1-10,13,15-16H2/t18-,19-,23?. The number of aromatic hydroxyl groups is 1. The fourth-order valence-electron chi connectivity index (χ4n) is 5.68. The Balaban J connectivity index is 1.21. The Labute approximate surface area is 168 Å². The van der Waals surface area contributed by atoms with Crippen molar-refractivity contribution in [1.29, 1.82) is 0 Å². The van der Waals surface area contributed by atoms with Gasteiger partial charge in [-0.15, -0.1) is 0 Å². The first kappa shape index (κ1) is 19.8. The molecule has 3 aliphatic rings. The third kappa shape index (κ3) is 4.53. The molecular weight excluding hydrogens is 350 g/mol. The minimum absolute atomic E-state index is 0.0561. The van der Waals surface area contributed by atoms with Crippen molar-refractivity contribution in [2.24, 2.45) is 17.8 Å². The Hall–Kier alpha value is -1.55. The number of carbonyl (C=O) groups is 1. The second-order valence-corrected chi connectivity index (χ2v) is 9.46. The van der Waals surface area contributed by atoms with Crippen molar-refractivity contribution in [2.45, 2.75) is 83.3 Å². The Morgan fingerprint density at radius 2 is 1.75 bits per heavy atom. The van der Waals surface area contributed by atoms with Gasteiger partial charge in [-0.05, 0) is 74.0 Å². The first-order chi connectivity index (χ1) is 13.6. The van der Waals surface area contributed by atoms with Crippen LogP contribution in [0.1, 0.15) is 86.6 Å². The maximum atomic E-state index is 12.6. The second kappa shape index (κ2) is 8.86. The lowest BCUT2D eigenvalue weighted by Gasteiger charge is -2.34. The molecule has 154 valence electrons. The van der Waals surface area contributed by atoms with Crippen LogP contribution in [0.4, 0.5) is 0 Å². The van der Waals surface area contributed by atoms with E-state index < -0.39 is 0 Å². The highest BCUT2D eigenvalue weighted by atomic mass is 16.3. The van der Waals surface area contributed by atoms with Crippen LogP contribution >= 0.6 is 0 Å². The van der Waals surface area contributed by atoms with E-state index in [0.717, 1.165) is 50.1 Å². The van der Waals surface area contributed by atoms with Gasteiger partial charge >= 0.3 is 0 Å². The molecule has 28 heavy (non-hydrogen) atoms. The summed E-state index contributed by atoms with van der Waals surface area (Å²) in [5.74, 6) is 2.05. The quantitative estimate of drug-likeness (QED) is 0.734. The van der Waals surface area contributed by atoms with Crippen LogP contribution in [0.3, 0.4) is 0 Å². The van der Waals surface area contributed by atoms with Crippen LogP contribution in [0.15, 0.2) is 18.2 Å². The molecule has 1 aromatic carbocycles. The number of phenols is 1. The topological polar surface area (TPSA) is 60.8 Å². The molecule has 2 fully saturated rings. The SMILES string of the molecule is O=C1c2cc(O)ccc2CN1C[C@H]1CC[C@H](C(O)CCC2CCCCC2)CC1. The number of fused-ring (bicyclic) bond motifs is 1. The summed E-state index contributed by atoms with van der Waals surface area (Å²) in [6.45, 7) is 1.47. The van der Waals surface area contributed by atoms with E-state index in [2.05, 4.69) is 0 Å². The van der Waals surface area contributed by atoms with Crippen molar-refractivity contribution in [1.82, 2.24) is 4.90 Å². The Bertz CT molecular complexity index is 674. The number of hydrogen-bond acceptors (Lipinski definition) is 3. The minimum Gasteiger partial charge on any atom is -0.508 e. The molecule has 0 bridgehead atoms. The predicted molar refractivity (Wildman–Crippen MR) is 110 cm³/mol. The summed E-state index contributed by atoms with van der Waals surface area (Å²) in [4.78, 5) is 14.5. The molecule has 0 saturated heterocycles. The number of amides is 1. The van der Waals surface area contributed by atoms with Crippen LogP contribution in [-0.2, 0) is 6.54 Å². The average Bonchev–Trinajstić information content (AvgIpc) is 3.02. The van der Waals surface area contributed by atoms with E-state index in [1.165, 1.54) is 38.5 Å². The number of hydrogen-bond donors (Lipinski definition) is 2. The average molecular weight is 386 g/mol. The fourth-order valence-corrected chi connectivity index (χ4v) is 5.68. The van der Waals surface area contributed by atoms with Crippen molar-refractivity contribution in [3.8, 4) is 5.75 Å². The van der Waals surface area contributed by atoms with Gasteiger partial charge in [-0.3, -0.25) is 4.79 Å². The van der Waals surface area contributed by atoms with Crippen molar-refractivity contribution in [3.05, 3.63) is 29.3 Å². The zero-order chi connectivity index (χ0) is 19.5. The number of phenolic OH excluding ortho intramolecular Hbond substituents is 1. The molecule has 1 atom stereocenters. The van der Waals surface area contributed by atoms with Crippen molar-refractivity contribution < 1.29 is 15.0 Å². The van der Waals surface area contributed by atoms with Gasteiger partial charge in [0.2, 0.25) is 0 Å². The van der Waals surface area contributed by atoms with Gasteiger partial charge in [-0.25, -0.2) is 0 Å². The van der Waals surface area contributed by atoms with Gasteiger partial charge in [-0.1, -0.05) is 38.2 Å². The van der Waals surface area contributed by atoms with E-state index in [4.69, 9.17) is 0 Å². The Morgan fingerprint density at radius 3 is 2.50 bits per heavy atom. The highest BCUT2D eigenvalue weighted by Gasteiger charge is 2.32. The van der Waals surface area contributed by atoms with Gasteiger partial charge in [0.05, 0.1) is 6.10 Å². The van der Waals surface area contributed by atoms with Gasteiger partial charge in [0.1, 0.15) is 5.75 Å². The summed E-state index contributed by atoms with van der Waals surface area (Å²) in [5.41, 5.74) is 1.68. The minimum atomic E-state index is -0.136. The Kier molecular flexibility index (Phi) is 6.25. The molecular formula is C24H35NO3. The molecule has 1 heterocycles. The molecule has 2 saturated carbocycles. The van der Waals surface area contributed by atoms with E-state index in [-0.39, 0.29) is 17.8 Å². The molecule has 1 unspecified atom stereocenters. The zero-order valence-corrected chi connectivity index (χ0v) is 17.0. The van der Waals surface area contributed by atoms with Crippen LogP contribution in [0.5, 0.6) is 5.75 Å². The molecule has 4 rings (SSSR count). The van der Waals surface area contributed by atoms with Crippen LogP contribution < -0.4 is 0 Å². The van der Waals surface area contributed by atoms with E-state index >= 15 is 0 Å². The van der Waals surface area contributed by atoms with Gasteiger partial charge < -0.3 is 15.1 Å². The highest BCUT2D eigenvalue weighted by molar-refractivity contribution is 5.98. The maximum absolute atomic E-state index is 12.6. The molecule has 1 aliphatic heterocycles. The molecule has 0 spiro atoms. The third-order valence-electron chi connectivity index (χ3n) is 7.48. The maximum Gasteiger partial charge on any atom is 0.254 e. The van der Waals surface area contributed by atoms with Gasteiger partial charge in [0, 0.05) is 18.7 Å². The number of carbonyl (C=O) groups excluding carboxylic acids is 1. The lowest BCUT2D eigenvalue weighted by Crippen LogP contribution is -2.34. The summed E-state index contributed by atoms with van der Waals surface area (Å²) >= 11 is 0. The Morgan fingerprint density at radius 1 is 1.00 bits per heavy atom. The fraction of sp³-hybridized carbons (Fsp3) is 0.708. The molecule has 1 aromatic rings. The summed E-state index contributed by atoms with van der Waals surface area (Å²) in [6, 6.07) is 5.12. The molecule has 2 aliphatic carbocycles. The normalized spacial score (nSPS) is 27.0. The molecule has 4 nitrogen and oxygen atoms in total. The molecule has 4 heteroatoms. The van der Waals surface area contributed by atoms with Crippen LogP contribution in [0, 0.1) is 17.8 Å². The largest absolute Gasteiger partial charge is 0.508 e. The molecule has 2 N–H and O–H groups in total. The van der Waals surface area contributed by atoms with Crippen LogP contribution in [0.25, 0.3) is 0 Å². The van der Waals surface area contributed by atoms with E-state index in [1.807, 2.05) is 11.0 Å². The zero-order valence-electron chi connectivity index (χ0n) is 17.0. The van der Waals surface area contributed by atoms with E-state index in [9.17, 15) is 15.0 Å². The number of nitrogens with zero attached hydrogens (tertiary/aromatic N) is 1. The van der Waals surface area contributed by atoms with Crippen molar-refractivity contribution in [2.75, 3.05) is 6.54 Å². The van der Waals surface area contributed by atoms with Crippen molar-refractivity contribution in [3.63, 3.8) is 0 Å². The number of rotatable bonds is 6. The van der Waals surface area contributed by atoms with Crippen LogP contribution in [-0.4, -0.2) is 33.7 Å². The second-order valence-electron chi connectivity index (χ2n) is 9.46. The number of aliphatic hydroxyl groups is 1. The number of benzene rings is 1. The first-order valence-electron chi connectivity index (χ1n) is 11.4. The summed E-state index contributed by atoms with van der Waals surface area (Å²) in [5, 5.41) is 20.3. The number of aliphatic hydroxyl groups excluding tert-OH is 1. The molecule has 1 amide bonds. The lowest BCUT2D eigenvalue weighted by atomic mass is 9.77. The monoisotopic (exact) mass is 385 g/mol. The van der Waals surface area contributed by atoms with Crippen molar-refractivity contribution >= 4 is 5.91 Å². The highest BCUT2D eigenvalue weighted by Crippen LogP contribution is 2.36. The van der Waals surface area contributed by atoms with Gasteiger partial charge in [0.25, 0.3) is 5.91 Å².